The average Bonchev–Trinajstić information content (AvgIpc) is 2.18. The maximum atomic E-state index is 13.2. The van der Waals surface area contributed by atoms with E-state index in [2.05, 4.69) is 5.32 Å². The third-order valence-corrected chi connectivity index (χ3v) is 1.92. The number of carbonyl (C=O) groups excluding carboxylic acids is 1. The standard InChI is InChI=1S/C11H14FNO2/c1-7-3-4-10(12)9(5-7)11(15)13-6-8(2)14/h3-5,8,14H,6H2,1-2H3,(H,13,15). The molecule has 0 bridgehead atoms. The van der Waals surface area contributed by atoms with Crippen molar-refractivity contribution in [2.24, 2.45) is 0 Å². The lowest BCUT2D eigenvalue weighted by Crippen LogP contribution is -2.31. The van der Waals surface area contributed by atoms with Crippen LogP contribution in [0.5, 0.6) is 0 Å². The largest absolute Gasteiger partial charge is 0.392 e. The number of nitrogens with one attached hydrogen (secondary N) is 1. The summed E-state index contributed by atoms with van der Waals surface area (Å²) in [6, 6.07) is 4.33. The van der Waals surface area contributed by atoms with Gasteiger partial charge in [0.15, 0.2) is 0 Å². The third-order valence-electron chi connectivity index (χ3n) is 1.92. The fourth-order valence-corrected chi connectivity index (χ4v) is 1.15. The Morgan fingerprint density at radius 3 is 2.87 bits per heavy atom. The molecule has 0 spiro atoms. The van der Waals surface area contributed by atoms with Crippen LogP contribution in [0.25, 0.3) is 0 Å². The fraction of sp³-hybridized carbons (Fsp3) is 0.364. The molecule has 0 saturated heterocycles. The monoisotopic (exact) mass is 211 g/mol. The van der Waals surface area contributed by atoms with Crippen LogP contribution in [0.2, 0.25) is 0 Å². The minimum Gasteiger partial charge on any atom is -0.392 e. The van der Waals surface area contributed by atoms with Crippen LogP contribution in [0.4, 0.5) is 4.39 Å². The van der Waals surface area contributed by atoms with Crippen molar-refractivity contribution in [2.75, 3.05) is 6.54 Å². The average molecular weight is 211 g/mol. The number of rotatable bonds is 3. The Bertz CT molecular complexity index is 364. The highest BCUT2D eigenvalue weighted by Crippen LogP contribution is 2.09. The molecule has 1 rings (SSSR count). The quantitative estimate of drug-likeness (QED) is 0.790. The van der Waals surface area contributed by atoms with Crippen LogP contribution in [-0.2, 0) is 0 Å². The van der Waals surface area contributed by atoms with Crippen LogP contribution >= 0.6 is 0 Å². The van der Waals surface area contributed by atoms with E-state index in [1.807, 2.05) is 0 Å². The molecular weight excluding hydrogens is 197 g/mol. The predicted octanol–water partition coefficient (Wildman–Crippen LogP) is 1.24. The Labute approximate surface area is 87.9 Å². The lowest BCUT2D eigenvalue weighted by Gasteiger charge is -2.08. The summed E-state index contributed by atoms with van der Waals surface area (Å²) in [7, 11) is 0. The maximum absolute atomic E-state index is 13.2. The second kappa shape index (κ2) is 4.89. The molecule has 1 aromatic rings. The Morgan fingerprint density at radius 2 is 2.27 bits per heavy atom. The summed E-state index contributed by atoms with van der Waals surface area (Å²) in [4.78, 5) is 11.5. The summed E-state index contributed by atoms with van der Waals surface area (Å²) < 4.78 is 13.2. The zero-order valence-electron chi connectivity index (χ0n) is 8.75. The molecule has 1 atom stereocenters. The van der Waals surface area contributed by atoms with Crippen molar-refractivity contribution < 1.29 is 14.3 Å². The molecule has 2 N–H and O–H groups in total. The topological polar surface area (TPSA) is 49.3 Å². The lowest BCUT2D eigenvalue weighted by molar-refractivity contribution is 0.0920. The first-order chi connectivity index (χ1) is 7.00. The van der Waals surface area contributed by atoms with Gasteiger partial charge >= 0.3 is 0 Å². The Hall–Kier alpha value is -1.42. The molecule has 1 amide bonds. The van der Waals surface area contributed by atoms with E-state index < -0.39 is 17.8 Å². The highest BCUT2D eigenvalue weighted by atomic mass is 19.1. The van der Waals surface area contributed by atoms with E-state index in [9.17, 15) is 9.18 Å². The number of aliphatic hydroxyl groups is 1. The van der Waals surface area contributed by atoms with Gasteiger partial charge in [-0.2, -0.15) is 0 Å². The van der Waals surface area contributed by atoms with E-state index in [4.69, 9.17) is 5.11 Å². The molecule has 0 heterocycles. The van der Waals surface area contributed by atoms with E-state index in [1.54, 1.807) is 19.9 Å². The van der Waals surface area contributed by atoms with Crippen molar-refractivity contribution in [3.8, 4) is 0 Å². The number of hydrogen-bond acceptors (Lipinski definition) is 2. The van der Waals surface area contributed by atoms with E-state index in [-0.39, 0.29) is 12.1 Å². The number of aliphatic hydroxyl groups excluding tert-OH is 1. The molecule has 15 heavy (non-hydrogen) atoms. The van der Waals surface area contributed by atoms with Gasteiger partial charge in [0.05, 0.1) is 11.7 Å². The van der Waals surface area contributed by atoms with Gasteiger partial charge in [0, 0.05) is 6.54 Å². The second-order valence-electron chi connectivity index (χ2n) is 3.54. The number of amides is 1. The van der Waals surface area contributed by atoms with Gasteiger partial charge in [0.2, 0.25) is 0 Å². The summed E-state index contributed by atoms with van der Waals surface area (Å²) >= 11 is 0. The Kier molecular flexibility index (Phi) is 3.80. The van der Waals surface area contributed by atoms with Crippen LogP contribution in [-0.4, -0.2) is 23.7 Å². The molecule has 0 radical (unpaired) electrons. The first-order valence-electron chi connectivity index (χ1n) is 4.73. The Balaban J connectivity index is 2.77. The van der Waals surface area contributed by atoms with Crippen molar-refractivity contribution >= 4 is 5.91 Å². The van der Waals surface area contributed by atoms with Crippen LogP contribution in [0.1, 0.15) is 22.8 Å². The zero-order chi connectivity index (χ0) is 11.4. The van der Waals surface area contributed by atoms with Gasteiger partial charge < -0.3 is 10.4 Å². The van der Waals surface area contributed by atoms with E-state index >= 15 is 0 Å². The van der Waals surface area contributed by atoms with Gasteiger partial charge in [-0.15, -0.1) is 0 Å². The van der Waals surface area contributed by atoms with Gasteiger partial charge in [-0.05, 0) is 26.0 Å². The summed E-state index contributed by atoms with van der Waals surface area (Å²) in [5.74, 6) is -1.05. The minimum atomic E-state index is -0.637. The summed E-state index contributed by atoms with van der Waals surface area (Å²) in [6.07, 6.45) is -0.637. The first-order valence-corrected chi connectivity index (χ1v) is 4.73. The molecule has 0 fully saturated rings. The van der Waals surface area contributed by atoms with Gasteiger partial charge in [-0.3, -0.25) is 4.79 Å². The van der Waals surface area contributed by atoms with Crippen molar-refractivity contribution in [3.63, 3.8) is 0 Å². The molecule has 0 aliphatic rings. The lowest BCUT2D eigenvalue weighted by atomic mass is 10.1. The molecule has 0 aliphatic heterocycles. The number of carbonyl (C=O) groups is 1. The molecular formula is C11H14FNO2. The molecule has 0 aromatic heterocycles. The Morgan fingerprint density at radius 1 is 1.60 bits per heavy atom. The summed E-state index contributed by atoms with van der Waals surface area (Å²) in [5.41, 5.74) is 0.828. The van der Waals surface area contributed by atoms with Gasteiger partial charge in [0.1, 0.15) is 5.82 Å². The molecule has 0 aliphatic carbocycles. The van der Waals surface area contributed by atoms with Gasteiger partial charge in [-0.1, -0.05) is 11.6 Å². The van der Waals surface area contributed by atoms with Crippen LogP contribution in [0, 0.1) is 12.7 Å². The van der Waals surface area contributed by atoms with Crippen LogP contribution in [0.15, 0.2) is 18.2 Å². The van der Waals surface area contributed by atoms with Crippen LogP contribution in [0.3, 0.4) is 0 Å². The molecule has 3 nitrogen and oxygen atoms in total. The number of hydrogen-bond donors (Lipinski definition) is 2. The smallest absolute Gasteiger partial charge is 0.254 e. The van der Waals surface area contributed by atoms with E-state index in [1.165, 1.54) is 12.1 Å². The third kappa shape index (κ3) is 3.32. The van der Waals surface area contributed by atoms with Crippen molar-refractivity contribution in [3.05, 3.63) is 35.1 Å². The molecule has 4 heteroatoms. The molecule has 1 aromatic carbocycles. The van der Waals surface area contributed by atoms with Gasteiger partial charge in [0.25, 0.3) is 5.91 Å². The molecule has 0 saturated carbocycles. The maximum Gasteiger partial charge on any atom is 0.254 e. The zero-order valence-corrected chi connectivity index (χ0v) is 8.75. The van der Waals surface area contributed by atoms with Gasteiger partial charge in [-0.25, -0.2) is 4.39 Å². The normalized spacial score (nSPS) is 12.3. The van der Waals surface area contributed by atoms with Crippen LogP contribution < -0.4 is 5.32 Å². The summed E-state index contributed by atoms with van der Waals surface area (Å²) in [5, 5.41) is 11.4. The summed E-state index contributed by atoms with van der Waals surface area (Å²) in [6.45, 7) is 3.45. The molecule has 82 valence electrons. The SMILES string of the molecule is Cc1ccc(F)c(C(=O)NCC(C)O)c1. The van der Waals surface area contributed by atoms with E-state index in [0.717, 1.165) is 5.56 Å². The fourth-order valence-electron chi connectivity index (χ4n) is 1.15. The number of halogens is 1. The number of aryl methyl sites for hydroxylation is 1. The van der Waals surface area contributed by atoms with Crippen molar-refractivity contribution in [1.82, 2.24) is 5.32 Å². The van der Waals surface area contributed by atoms with Crippen molar-refractivity contribution in [1.29, 1.82) is 0 Å². The second-order valence-corrected chi connectivity index (χ2v) is 3.54. The molecule has 1 unspecified atom stereocenters. The highest BCUT2D eigenvalue weighted by molar-refractivity contribution is 5.94. The van der Waals surface area contributed by atoms with Crippen molar-refractivity contribution in [2.45, 2.75) is 20.0 Å². The predicted molar refractivity (Wildman–Crippen MR) is 55.2 cm³/mol. The van der Waals surface area contributed by atoms with E-state index in [0.29, 0.717) is 0 Å². The highest BCUT2D eigenvalue weighted by Gasteiger charge is 2.11. The number of benzene rings is 1. The first kappa shape index (κ1) is 11.7. The minimum absolute atomic E-state index is 0.00986.